The summed E-state index contributed by atoms with van der Waals surface area (Å²) in [5.41, 5.74) is 3.94. The standard InChI is InChI=1S/C17H17BrClNO/c1-10-6-12(18)14(7-13(10)19)20-5-4-11-15(20)8-17(2,3)9-16(11)21/h4-7H,8-9H2,1-3H3. The Balaban J connectivity index is 2.19. The summed E-state index contributed by atoms with van der Waals surface area (Å²) in [6, 6.07) is 5.89. The molecule has 4 heteroatoms. The Morgan fingerprint density at radius 2 is 2.00 bits per heavy atom. The third-order valence-corrected chi connectivity index (χ3v) is 5.11. The number of hydrogen-bond donors (Lipinski definition) is 0. The Morgan fingerprint density at radius 1 is 1.29 bits per heavy atom. The molecule has 21 heavy (non-hydrogen) atoms. The number of halogens is 2. The summed E-state index contributed by atoms with van der Waals surface area (Å²) in [4.78, 5) is 12.3. The van der Waals surface area contributed by atoms with Gasteiger partial charge < -0.3 is 4.57 Å². The largest absolute Gasteiger partial charge is 0.319 e. The third kappa shape index (κ3) is 2.58. The van der Waals surface area contributed by atoms with E-state index in [0.29, 0.717) is 6.42 Å². The minimum atomic E-state index is 0.00115. The maximum absolute atomic E-state index is 12.3. The van der Waals surface area contributed by atoms with Gasteiger partial charge in [-0.25, -0.2) is 0 Å². The van der Waals surface area contributed by atoms with Crippen LogP contribution in [0.2, 0.25) is 5.02 Å². The van der Waals surface area contributed by atoms with Crippen molar-refractivity contribution in [1.29, 1.82) is 0 Å². The van der Waals surface area contributed by atoms with E-state index in [0.717, 1.165) is 38.4 Å². The zero-order chi connectivity index (χ0) is 15.4. The van der Waals surface area contributed by atoms with Gasteiger partial charge in [0.2, 0.25) is 0 Å². The summed E-state index contributed by atoms with van der Waals surface area (Å²) >= 11 is 9.88. The fourth-order valence-electron chi connectivity index (χ4n) is 2.99. The van der Waals surface area contributed by atoms with Crippen LogP contribution in [0.4, 0.5) is 0 Å². The van der Waals surface area contributed by atoms with Crippen molar-refractivity contribution in [2.75, 3.05) is 0 Å². The first-order chi connectivity index (χ1) is 9.78. The first-order valence-corrected chi connectivity index (χ1v) is 8.15. The monoisotopic (exact) mass is 365 g/mol. The van der Waals surface area contributed by atoms with Crippen LogP contribution in [0.25, 0.3) is 5.69 Å². The van der Waals surface area contributed by atoms with E-state index >= 15 is 0 Å². The molecule has 0 saturated carbocycles. The number of aryl methyl sites for hydroxylation is 1. The first-order valence-electron chi connectivity index (χ1n) is 6.98. The number of aromatic nitrogens is 1. The minimum absolute atomic E-state index is 0.00115. The number of carbonyl (C=O) groups excluding carboxylic acids is 1. The SMILES string of the molecule is Cc1cc(Br)c(-n2ccc3c2CC(C)(C)CC3=O)cc1Cl. The van der Waals surface area contributed by atoms with E-state index in [2.05, 4.69) is 34.3 Å². The predicted octanol–water partition coefficient (Wildman–Crippen LogP) is 5.36. The van der Waals surface area contributed by atoms with Crippen LogP contribution >= 0.6 is 27.5 Å². The lowest BCUT2D eigenvalue weighted by atomic mass is 9.76. The Hall–Kier alpha value is -1.06. The van der Waals surface area contributed by atoms with Gasteiger partial charge in [-0.05, 0) is 58.5 Å². The number of rotatable bonds is 1. The van der Waals surface area contributed by atoms with Crippen LogP contribution in [-0.4, -0.2) is 10.4 Å². The number of carbonyl (C=O) groups is 1. The van der Waals surface area contributed by atoms with Crippen LogP contribution in [0.1, 0.15) is 41.9 Å². The molecule has 0 amide bonds. The van der Waals surface area contributed by atoms with Gasteiger partial charge in [0.05, 0.1) is 5.69 Å². The Labute approximate surface area is 138 Å². The van der Waals surface area contributed by atoms with Crippen LogP contribution in [0.15, 0.2) is 28.9 Å². The Kier molecular flexibility index (Phi) is 3.53. The molecule has 0 fully saturated rings. The van der Waals surface area contributed by atoms with Crippen LogP contribution < -0.4 is 0 Å². The van der Waals surface area contributed by atoms with Gasteiger partial charge in [0.15, 0.2) is 5.78 Å². The van der Waals surface area contributed by atoms with Crippen molar-refractivity contribution in [1.82, 2.24) is 4.57 Å². The maximum atomic E-state index is 12.3. The van der Waals surface area contributed by atoms with Gasteiger partial charge in [0, 0.05) is 33.4 Å². The number of fused-ring (bicyclic) bond motifs is 1. The van der Waals surface area contributed by atoms with E-state index in [1.807, 2.05) is 31.3 Å². The van der Waals surface area contributed by atoms with Gasteiger partial charge in [0.25, 0.3) is 0 Å². The van der Waals surface area contributed by atoms with E-state index in [1.54, 1.807) is 0 Å². The zero-order valence-corrected chi connectivity index (χ0v) is 14.7. The molecular formula is C17H17BrClNO. The highest BCUT2D eigenvalue weighted by Crippen LogP contribution is 2.38. The van der Waals surface area contributed by atoms with Crippen LogP contribution in [-0.2, 0) is 6.42 Å². The smallest absolute Gasteiger partial charge is 0.165 e. The summed E-state index contributed by atoms with van der Waals surface area (Å²) in [5, 5.41) is 0.733. The molecule has 1 aliphatic carbocycles. The van der Waals surface area contributed by atoms with Crippen LogP contribution in [0.3, 0.4) is 0 Å². The highest BCUT2D eigenvalue weighted by Gasteiger charge is 2.33. The lowest BCUT2D eigenvalue weighted by Crippen LogP contribution is -2.27. The highest BCUT2D eigenvalue weighted by molar-refractivity contribution is 9.10. The van der Waals surface area contributed by atoms with Gasteiger partial charge in [-0.15, -0.1) is 0 Å². The molecule has 0 saturated heterocycles. The number of Topliss-reactive ketones (excluding diaryl/α,β-unsaturated/α-hetero) is 1. The molecule has 1 aromatic heterocycles. The fraction of sp³-hybridized carbons (Fsp3) is 0.353. The van der Waals surface area contributed by atoms with Gasteiger partial charge in [-0.1, -0.05) is 25.4 Å². The molecule has 0 radical (unpaired) electrons. The second kappa shape index (κ2) is 4.99. The van der Waals surface area contributed by atoms with Gasteiger partial charge >= 0.3 is 0 Å². The third-order valence-electron chi connectivity index (χ3n) is 4.07. The lowest BCUT2D eigenvalue weighted by Gasteiger charge is -2.30. The quantitative estimate of drug-likeness (QED) is 0.666. The molecule has 0 aliphatic heterocycles. The molecule has 1 aliphatic rings. The molecule has 1 heterocycles. The average Bonchev–Trinajstić information content (AvgIpc) is 2.76. The maximum Gasteiger partial charge on any atom is 0.165 e. The summed E-state index contributed by atoms with van der Waals surface area (Å²) in [7, 11) is 0. The molecule has 0 spiro atoms. The molecular weight excluding hydrogens is 350 g/mol. The number of ketones is 1. The highest BCUT2D eigenvalue weighted by atomic mass is 79.9. The van der Waals surface area contributed by atoms with Crippen molar-refractivity contribution < 1.29 is 4.79 Å². The molecule has 1 aromatic carbocycles. The van der Waals surface area contributed by atoms with Gasteiger partial charge in [-0.3, -0.25) is 4.79 Å². The molecule has 3 rings (SSSR count). The normalized spacial score (nSPS) is 16.9. The molecule has 110 valence electrons. The number of nitrogens with zero attached hydrogens (tertiary/aromatic N) is 1. The van der Waals surface area contributed by atoms with E-state index in [-0.39, 0.29) is 11.2 Å². The number of hydrogen-bond acceptors (Lipinski definition) is 1. The van der Waals surface area contributed by atoms with Crippen molar-refractivity contribution in [2.45, 2.75) is 33.6 Å². The second-order valence-electron chi connectivity index (χ2n) is 6.54. The molecule has 0 bridgehead atoms. The predicted molar refractivity (Wildman–Crippen MR) is 89.6 cm³/mol. The van der Waals surface area contributed by atoms with E-state index in [9.17, 15) is 4.79 Å². The molecule has 0 atom stereocenters. The van der Waals surface area contributed by atoms with Crippen molar-refractivity contribution in [3.05, 3.63) is 50.7 Å². The van der Waals surface area contributed by atoms with Gasteiger partial charge in [0.1, 0.15) is 0 Å². The molecule has 2 nitrogen and oxygen atoms in total. The van der Waals surface area contributed by atoms with Crippen molar-refractivity contribution >= 4 is 33.3 Å². The van der Waals surface area contributed by atoms with Crippen molar-refractivity contribution in [3.63, 3.8) is 0 Å². The fourth-order valence-corrected chi connectivity index (χ4v) is 3.80. The van der Waals surface area contributed by atoms with E-state index in [4.69, 9.17) is 11.6 Å². The minimum Gasteiger partial charge on any atom is -0.319 e. The summed E-state index contributed by atoms with van der Waals surface area (Å²) in [6.07, 6.45) is 3.47. The van der Waals surface area contributed by atoms with Crippen LogP contribution in [0.5, 0.6) is 0 Å². The van der Waals surface area contributed by atoms with Crippen LogP contribution in [0, 0.1) is 12.3 Å². The van der Waals surface area contributed by atoms with Crippen molar-refractivity contribution in [3.8, 4) is 5.69 Å². The second-order valence-corrected chi connectivity index (χ2v) is 7.80. The van der Waals surface area contributed by atoms with E-state index in [1.165, 1.54) is 0 Å². The van der Waals surface area contributed by atoms with E-state index < -0.39 is 0 Å². The molecule has 0 unspecified atom stereocenters. The summed E-state index contributed by atoms with van der Waals surface area (Å²) in [5.74, 6) is 0.231. The number of benzene rings is 1. The first kappa shape index (κ1) is 14.9. The summed E-state index contributed by atoms with van der Waals surface area (Å²) < 4.78 is 3.07. The van der Waals surface area contributed by atoms with Crippen molar-refractivity contribution in [2.24, 2.45) is 5.41 Å². The molecule has 0 N–H and O–H groups in total. The van der Waals surface area contributed by atoms with Gasteiger partial charge in [-0.2, -0.15) is 0 Å². The Morgan fingerprint density at radius 3 is 2.71 bits per heavy atom. The summed E-state index contributed by atoms with van der Waals surface area (Å²) in [6.45, 7) is 6.26. The topological polar surface area (TPSA) is 22.0 Å². The lowest BCUT2D eigenvalue weighted by molar-refractivity contribution is 0.0911. The average molecular weight is 367 g/mol. The zero-order valence-electron chi connectivity index (χ0n) is 12.3. The molecule has 2 aromatic rings. The Bertz CT molecular complexity index is 745.